The van der Waals surface area contributed by atoms with Crippen LogP contribution in [0.2, 0.25) is 0 Å². The van der Waals surface area contributed by atoms with Crippen molar-refractivity contribution in [3.05, 3.63) is 224 Å². The summed E-state index contributed by atoms with van der Waals surface area (Å²) in [7, 11) is 0. The van der Waals surface area contributed by atoms with Gasteiger partial charge < -0.3 is 19.1 Å². The Morgan fingerprint density at radius 3 is 1.83 bits per heavy atom. The van der Waals surface area contributed by atoms with Crippen LogP contribution in [0.15, 0.2) is 188 Å². The van der Waals surface area contributed by atoms with Gasteiger partial charge in [0.15, 0.2) is 0 Å². The van der Waals surface area contributed by atoms with Crippen molar-refractivity contribution in [3.8, 4) is 50.7 Å². The minimum Gasteiger partial charge on any atom is -0.509 e. The van der Waals surface area contributed by atoms with Crippen LogP contribution in [0, 0.1) is 25.7 Å². The molecule has 1 aliphatic rings. The van der Waals surface area contributed by atoms with Crippen LogP contribution in [0.3, 0.4) is 0 Å². The van der Waals surface area contributed by atoms with Crippen LogP contribution >= 0.6 is 0 Å². The van der Waals surface area contributed by atoms with Crippen molar-refractivity contribution in [1.82, 2.24) is 9.55 Å². The molecule has 3 heterocycles. The van der Waals surface area contributed by atoms with Crippen LogP contribution in [0.25, 0.3) is 61.0 Å². The van der Waals surface area contributed by atoms with Gasteiger partial charge in [0.1, 0.15) is 5.82 Å². The molecule has 11 rings (SSSR count). The van der Waals surface area contributed by atoms with E-state index >= 15 is 0 Å². The monoisotopic (exact) mass is 1080 g/mol. The van der Waals surface area contributed by atoms with Gasteiger partial charge in [-0.1, -0.05) is 174 Å². The van der Waals surface area contributed by atoms with Gasteiger partial charge in [-0.3, -0.25) is 0 Å². The zero-order valence-corrected chi connectivity index (χ0v) is 42.0. The van der Waals surface area contributed by atoms with E-state index in [1.165, 1.54) is 11.1 Å². The van der Waals surface area contributed by atoms with E-state index in [0.29, 0.717) is 5.75 Å². The maximum atomic E-state index is 9.36. The molecule has 1 aliphatic heterocycles. The minimum atomic E-state index is -0.273. The van der Waals surface area contributed by atoms with Gasteiger partial charge in [0.25, 0.3) is 0 Å². The van der Waals surface area contributed by atoms with Crippen molar-refractivity contribution in [1.29, 1.82) is 0 Å². The molecule has 69 heavy (non-hydrogen) atoms. The molecule has 0 amide bonds. The molecular formula is C63H53N4OPt-3. The number of pyridine rings is 1. The SMILES string of the molecule is [2H]c1c(Oc2[c-]c3c(cc2)c2cc(C(C)(C)C)ccc2n3-c2cc(C)c(-c3ccccc3)cn2)[c-]c(N2[CH-]N(c3c(-c4ccccc4)cccc3-c3ccc(C(C)(C)C)cc3)c3ccccc32)c([2H])c1[2H].[Pt]. The van der Waals surface area contributed by atoms with Crippen LogP contribution in [-0.2, 0) is 31.9 Å². The second-order valence-corrected chi connectivity index (χ2v) is 19.6. The molecule has 5 nitrogen and oxygen atoms in total. The minimum absolute atomic E-state index is 0. The fraction of sp³-hybridized carbons (Fsp3) is 0.143. The van der Waals surface area contributed by atoms with Gasteiger partial charge in [0.2, 0.25) is 0 Å². The van der Waals surface area contributed by atoms with Gasteiger partial charge >= 0.3 is 0 Å². The van der Waals surface area contributed by atoms with Gasteiger partial charge in [-0.05, 0) is 83.5 Å². The molecule has 0 aliphatic carbocycles. The predicted octanol–water partition coefficient (Wildman–Crippen LogP) is 16.9. The first kappa shape index (κ1) is 41.9. The molecule has 0 saturated heterocycles. The molecule has 10 aromatic rings. The van der Waals surface area contributed by atoms with Gasteiger partial charge in [-0.15, -0.1) is 48.0 Å². The Bertz CT molecular complexity index is 3670. The molecule has 344 valence electrons. The van der Waals surface area contributed by atoms with Crippen molar-refractivity contribution < 1.29 is 29.9 Å². The molecule has 6 heteroatoms. The van der Waals surface area contributed by atoms with E-state index in [1.54, 1.807) is 0 Å². The summed E-state index contributed by atoms with van der Waals surface area (Å²) in [5, 5.41) is 2.04. The summed E-state index contributed by atoms with van der Waals surface area (Å²) in [6.07, 6.45) is 1.93. The van der Waals surface area contributed by atoms with Crippen molar-refractivity contribution in [2.45, 2.75) is 59.3 Å². The summed E-state index contributed by atoms with van der Waals surface area (Å²) in [6.45, 7) is 17.4. The second-order valence-electron chi connectivity index (χ2n) is 19.6. The number of anilines is 4. The molecule has 0 saturated carbocycles. The number of para-hydroxylation sites is 3. The molecule has 0 spiro atoms. The Morgan fingerprint density at radius 1 is 0.565 bits per heavy atom. The average molecular weight is 1080 g/mol. The van der Waals surface area contributed by atoms with Gasteiger partial charge in [-0.2, -0.15) is 12.1 Å². The van der Waals surface area contributed by atoms with Crippen LogP contribution in [-0.4, -0.2) is 9.55 Å². The van der Waals surface area contributed by atoms with Crippen molar-refractivity contribution in [3.63, 3.8) is 0 Å². The first-order chi connectivity index (χ1) is 34.1. The molecule has 0 atom stereocenters. The van der Waals surface area contributed by atoms with Crippen molar-refractivity contribution >= 4 is 44.6 Å². The fourth-order valence-electron chi connectivity index (χ4n) is 9.37. The van der Waals surface area contributed by atoms with E-state index in [9.17, 15) is 2.74 Å². The topological polar surface area (TPSA) is 33.5 Å². The van der Waals surface area contributed by atoms with E-state index in [4.69, 9.17) is 11.1 Å². The number of hydrogen-bond acceptors (Lipinski definition) is 4. The number of nitrogens with zero attached hydrogens (tertiary/aromatic N) is 4. The molecule has 2 aromatic heterocycles. The quantitative estimate of drug-likeness (QED) is 0.142. The Hall–Kier alpha value is -7.20. The molecule has 0 bridgehead atoms. The summed E-state index contributed by atoms with van der Waals surface area (Å²) in [4.78, 5) is 9.11. The van der Waals surface area contributed by atoms with E-state index in [2.05, 4.69) is 179 Å². The van der Waals surface area contributed by atoms with Crippen LogP contribution in [0.5, 0.6) is 11.5 Å². The average Bonchev–Trinajstić information content (AvgIpc) is 3.91. The van der Waals surface area contributed by atoms with Gasteiger partial charge in [0, 0.05) is 79.4 Å². The summed E-state index contributed by atoms with van der Waals surface area (Å²) >= 11 is 0. The Morgan fingerprint density at radius 2 is 1.17 bits per heavy atom. The number of hydrogen-bond donors (Lipinski definition) is 0. The Balaban J connectivity index is 0.00000596. The number of aromatic nitrogens is 2. The maximum Gasteiger partial charge on any atom is 0.135 e. The van der Waals surface area contributed by atoms with Crippen LogP contribution in [0.4, 0.5) is 22.7 Å². The standard InChI is InChI=1S/C63H53N4O.Pt/c1-42-36-60(64-40-55(42)44-20-12-9-13-21-44)67-56-35-32-47(63(5,6)7)37-54(56)53-34-33-50(39-59(53)67)68-49-23-16-22-48(38-49)65-41-66(58-27-15-14-26-57(58)65)61-51(43-18-10-8-11-19-43)24-17-25-52(61)45-28-30-46(31-29-45)62(2,3)4;/h8-37,40-41H,1-7H3;/q-3;/i16D,22D,23D;. The Kier molecular flexibility index (Phi) is 11.0. The number of fused-ring (bicyclic) bond motifs is 4. The Labute approximate surface area is 425 Å². The molecule has 0 fully saturated rings. The summed E-state index contributed by atoms with van der Waals surface area (Å²) in [5.74, 6) is 1.10. The van der Waals surface area contributed by atoms with E-state index < -0.39 is 0 Å². The smallest absolute Gasteiger partial charge is 0.135 e. The van der Waals surface area contributed by atoms with Gasteiger partial charge in [-0.25, -0.2) is 4.98 Å². The molecule has 0 N–H and O–H groups in total. The first-order valence-electron chi connectivity index (χ1n) is 24.7. The number of ether oxygens (including phenoxy) is 1. The van der Waals surface area contributed by atoms with E-state index in [-0.39, 0.29) is 61.5 Å². The number of benzene rings is 8. The summed E-state index contributed by atoms with van der Waals surface area (Å²) < 4.78 is 36.4. The third kappa shape index (κ3) is 8.55. The van der Waals surface area contributed by atoms with Crippen LogP contribution < -0.4 is 14.5 Å². The van der Waals surface area contributed by atoms with Crippen LogP contribution in [0.1, 0.15) is 62.3 Å². The zero-order chi connectivity index (χ0) is 49.3. The van der Waals surface area contributed by atoms with E-state index in [1.807, 2.05) is 72.4 Å². The zero-order valence-electron chi connectivity index (χ0n) is 42.8. The summed E-state index contributed by atoms with van der Waals surface area (Å²) in [5.41, 5.74) is 14.5. The summed E-state index contributed by atoms with van der Waals surface area (Å²) in [6, 6.07) is 62.8. The normalized spacial score (nSPS) is 13.2. The fourth-order valence-corrected chi connectivity index (χ4v) is 9.37. The third-order valence-electron chi connectivity index (χ3n) is 13.0. The van der Waals surface area contributed by atoms with Gasteiger partial charge in [0.05, 0.1) is 0 Å². The molecule has 8 aromatic carbocycles. The largest absolute Gasteiger partial charge is 0.509 e. The number of aryl methyl sites for hydroxylation is 1. The predicted molar refractivity (Wildman–Crippen MR) is 283 cm³/mol. The molecule has 0 radical (unpaired) electrons. The van der Waals surface area contributed by atoms with Crippen molar-refractivity contribution in [2.75, 3.05) is 9.80 Å². The molecular weight excluding hydrogens is 1020 g/mol. The third-order valence-corrected chi connectivity index (χ3v) is 13.0. The van der Waals surface area contributed by atoms with E-state index in [0.717, 1.165) is 83.6 Å². The maximum absolute atomic E-state index is 9.36. The van der Waals surface area contributed by atoms with Crippen molar-refractivity contribution in [2.24, 2.45) is 0 Å². The molecule has 0 unspecified atom stereocenters. The second kappa shape index (κ2) is 18.0. The first-order valence-corrected chi connectivity index (χ1v) is 23.2. The number of rotatable bonds is 8.